The van der Waals surface area contributed by atoms with Gasteiger partial charge in [0.25, 0.3) is 0 Å². The van der Waals surface area contributed by atoms with Crippen molar-refractivity contribution in [3.05, 3.63) is 21.9 Å². The van der Waals surface area contributed by atoms with Crippen LogP contribution in [0.1, 0.15) is 39.3 Å². The van der Waals surface area contributed by atoms with Crippen LogP contribution >= 0.6 is 23.2 Å². The van der Waals surface area contributed by atoms with Gasteiger partial charge in [-0.25, -0.2) is 19.2 Å². The van der Waals surface area contributed by atoms with Crippen molar-refractivity contribution in [1.29, 1.82) is 0 Å². The molecule has 2 bridgehead atoms. The Hall–Kier alpha value is -2.41. The van der Waals surface area contributed by atoms with Crippen molar-refractivity contribution in [3.8, 4) is 11.8 Å². The highest BCUT2D eigenvalue weighted by Gasteiger charge is 2.45. The first-order valence-electron chi connectivity index (χ1n) is 10.6. The summed E-state index contributed by atoms with van der Waals surface area (Å²) in [6, 6.07) is -0.147. The van der Waals surface area contributed by atoms with Gasteiger partial charge in [-0.05, 0) is 51.1 Å². The van der Waals surface area contributed by atoms with Crippen LogP contribution in [-0.4, -0.2) is 70.4 Å². The van der Waals surface area contributed by atoms with E-state index < -0.39 is 11.4 Å². The lowest BCUT2D eigenvalue weighted by Crippen LogP contribution is -2.57. The minimum Gasteiger partial charge on any atom is -0.444 e. The minimum absolute atomic E-state index is 0.0476. The zero-order chi connectivity index (χ0) is 23.9. The van der Waals surface area contributed by atoms with Crippen molar-refractivity contribution >= 4 is 46.0 Å². The van der Waals surface area contributed by atoms with Crippen molar-refractivity contribution < 1.29 is 18.7 Å². The van der Waals surface area contributed by atoms with E-state index in [1.165, 1.54) is 7.11 Å². The number of hydrogen-bond acceptors (Lipinski definition) is 7. The Kier molecular flexibility index (Phi) is 6.54. The van der Waals surface area contributed by atoms with E-state index >= 15 is 0 Å². The first-order valence-corrected chi connectivity index (χ1v) is 11.3. The molecule has 2 unspecified atom stereocenters. The van der Waals surface area contributed by atoms with Gasteiger partial charge in [0.15, 0.2) is 11.0 Å². The zero-order valence-corrected chi connectivity index (χ0v) is 20.3. The number of rotatable bonds is 2. The molecular formula is C22H24Cl2FN5O3. The van der Waals surface area contributed by atoms with Crippen LogP contribution in [0.3, 0.4) is 0 Å². The predicted molar refractivity (Wildman–Crippen MR) is 123 cm³/mol. The Balaban J connectivity index is 1.75. The van der Waals surface area contributed by atoms with Crippen molar-refractivity contribution in [2.24, 2.45) is 0 Å². The Morgan fingerprint density at radius 1 is 1.18 bits per heavy atom. The van der Waals surface area contributed by atoms with E-state index in [-0.39, 0.29) is 46.4 Å². The number of pyridine rings is 1. The maximum Gasteiger partial charge on any atom is 0.410 e. The van der Waals surface area contributed by atoms with Crippen molar-refractivity contribution in [2.45, 2.75) is 51.3 Å². The number of nitrogens with zero attached hydrogens (tertiary/aromatic N) is 5. The second kappa shape index (κ2) is 9.09. The third kappa shape index (κ3) is 4.79. The average molecular weight is 496 g/mol. The highest BCUT2D eigenvalue weighted by Crippen LogP contribution is 2.37. The van der Waals surface area contributed by atoms with Crippen molar-refractivity contribution in [1.82, 2.24) is 19.9 Å². The minimum atomic E-state index is -0.787. The van der Waals surface area contributed by atoms with Gasteiger partial charge in [-0.1, -0.05) is 17.5 Å². The normalized spacial score (nSPS) is 20.1. The molecule has 0 radical (unpaired) electrons. The molecule has 11 heteroatoms. The highest BCUT2D eigenvalue weighted by molar-refractivity contribution is 6.31. The molecule has 2 saturated heterocycles. The summed E-state index contributed by atoms with van der Waals surface area (Å²) in [5.74, 6) is 5.32. The van der Waals surface area contributed by atoms with Gasteiger partial charge in [-0.15, -0.1) is 0 Å². The standard InChI is InChI=1S/C22H24Cl2FN5O3/c1-22(2,3)33-21(31)30-12-7-8-13(30)11-29(10-12)19-15-14(6-5-9-32-4)26-18(23)16(25)17(15)27-20(24)28-19/h12-13H,7-11H2,1-4H3. The first-order chi connectivity index (χ1) is 15.6. The fraction of sp³-hybridized carbons (Fsp3) is 0.545. The second-order valence-electron chi connectivity index (χ2n) is 9.02. The third-order valence-corrected chi connectivity index (χ3v) is 5.93. The van der Waals surface area contributed by atoms with Crippen molar-refractivity contribution in [2.75, 3.05) is 31.7 Å². The van der Waals surface area contributed by atoms with Crippen LogP contribution in [0.15, 0.2) is 0 Å². The molecule has 2 aliphatic rings. The van der Waals surface area contributed by atoms with Gasteiger partial charge in [0.05, 0.1) is 17.5 Å². The summed E-state index contributed by atoms with van der Waals surface area (Å²) in [5, 5.41) is -0.133. The lowest BCUT2D eigenvalue weighted by molar-refractivity contribution is 0.0123. The molecule has 2 aliphatic heterocycles. The quantitative estimate of drug-likeness (QED) is 0.353. The van der Waals surface area contributed by atoms with Crippen LogP contribution in [0, 0.1) is 17.7 Å². The van der Waals surface area contributed by atoms with Gasteiger partial charge in [-0.2, -0.15) is 4.98 Å². The second-order valence-corrected chi connectivity index (χ2v) is 9.71. The summed E-state index contributed by atoms with van der Waals surface area (Å²) in [4.78, 5) is 29.2. The summed E-state index contributed by atoms with van der Waals surface area (Å²) in [6.07, 6.45) is 1.33. The number of anilines is 1. The number of aromatic nitrogens is 3. The van der Waals surface area contributed by atoms with Crippen LogP contribution in [0.2, 0.25) is 10.4 Å². The smallest absolute Gasteiger partial charge is 0.410 e. The molecule has 1 amide bonds. The van der Waals surface area contributed by atoms with Crippen LogP contribution in [0.25, 0.3) is 10.9 Å². The number of piperazine rings is 1. The van der Waals surface area contributed by atoms with E-state index in [2.05, 4.69) is 26.8 Å². The molecule has 2 aromatic heterocycles. The number of carbonyl (C=O) groups is 1. The van der Waals surface area contributed by atoms with Gasteiger partial charge >= 0.3 is 6.09 Å². The molecular weight excluding hydrogens is 472 g/mol. The van der Waals surface area contributed by atoms with Gasteiger partial charge < -0.3 is 14.4 Å². The number of carbonyl (C=O) groups excluding carboxylic acids is 1. The lowest BCUT2D eigenvalue weighted by atomic mass is 10.1. The predicted octanol–water partition coefficient (Wildman–Crippen LogP) is 4.06. The Morgan fingerprint density at radius 3 is 2.45 bits per heavy atom. The van der Waals surface area contributed by atoms with E-state index in [1.807, 2.05) is 30.6 Å². The fourth-order valence-corrected chi connectivity index (χ4v) is 4.64. The first kappa shape index (κ1) is 23.7. The van der Waals surface area contributed by atoms with E-state index in [1.54, 1.807) is 0 Å². The number of methoxy groups -OCH3 is 1. The van der Waals surface area contributed by atoms with Gasteiger partial charge in [0, 0.05) is 20.2 Å². The molecule has 2 aromatic rings. The van der Waals surface area contributed by atoms with Crippen LogP contribution < -0.4 is 4.90 Å². The van der Waals surface area contributed by atoms with Gasteiger partial charge in [-0.3, -0.25) is 4.90 Å². The molecule has 4 heterocycles. The van der Waals surface area contributed by atoms with Crippen LogP contribution in [0.4, 0.5) is 15.0 Å². The molecule has 0 aliphatic carbocycles. The molecule has 0 aromatic carbocycles. The van der Waals surface area contributed by atoms with E-state index in [0.717, 1.165) is 12.8 Å². The number of ether oxygens (including phenoxy) is 2. The summed E-state index contributed by atoms with van der Waals surface area (Å²) >= 11 is 12.2. The average Bonchev–Trinajstić information content (AvgIpc) is 3.00. The van der Waals surface area contributed by atoms with Gasteiger partial charge in [0.1, 0.15) is 29.2 Å². The lowest BCUT2D eigenvalue weighted by Gasteiger charge is -2.42. The van der Waals surface area contributed by atoms with E-state index in [0.29, 0.717) is 24.3 Å². The highest BCUT2D eigenvalue weighted by atomic mass is 35.5. The monoisotopic (exact) mass is 495 g/mol. The molecule has 176 valence electrons. The molecule has 0 saturated carbocycles. The topological polar surface area (TPSA) is 80.7 Å². The van der Waals surface area contributed by atoms with Crippen LogP contribution in [-0.2, 0) is 9.47 Å². The number of hydrogen-bond donors (Lipinski definition) is 0. The summed E-state index contributed by atoms with van der Waals surface area (Å²) in [6.45, 7) is 6.66. The Morgan fingerprint density at radius 2 is 1.85 bits per heavy atom. The third-order valence-electron chi connectivity index (χ3n) is 5.51. The van der Waals surface area contributed by atoms with Crippen molar-refractivity contribution in [3.63, 3.8) is 0 Å². The maximum atomic E-state index is 14.9. The number of fused-ring (bicyclic) bond motifs is 3. The summed E-state index contributed by atoms with van der Waals surface area (Å²) < 4.78 is 25.5. The summed E-state index contributed by atoms with van der Waals surface area (Å²) in [7, 11) is 1.52. The molecule has 4 rings (SSSR count). The zero-order valence-electron chi connectivity index (χ0n) is 18.8. The molecule has 0 N–H and O–H groups in total. The molecule has 8 nitrogen and oxygen atoms in total. The van der Waals surface area contributed by atoms with Crippen LogP contribution in [0.5, 0.6) is 0 Å². The van der Waals surface area contributed by atoms with E-state index in [9.17, 15) is 9.18 Å². The maximum absolute atomic E-state index is 14.9. The summed E-state index contributed by atoms with van der Waals surface area (Å²) in [5.41, 5.74) is -0.391. The number of amides is 1. The van der Waals surface area contributed by atoms with Gasteiger partial charge in [0.2, 0.25) is 5.28 Å². The number of halogens is 3. The molecule has 33 heavy (non-hydrogen) atoms. The molecule has 2 fully saturated rings. The Bertz CT molecular complexity index is 1150. The van der Waals surface area contributed by atoms with E-state index in [4.69, 9.17) is 32.7 Å². The molecule has 2 atom stereocenters. The largest absolute Gasteiger partial charge is 0.444 e. The fourth-order valence-electron chi connectivity index (χ4n) is 4.30. The SMILES string of the molecule is COCC#Cc1nc(Cl)c(F)c2nc(Cl)nc(N3CC4CCC(C3)N4C(=O)OC(C)(C)C)c12. The molecule has 0 spiro atoms. The Labute approximate surface area is 201 Å².